The van der Waals surface area contributed by atoms with Crippen molar-refractivity contribution in [3.8, 4) is 5.75 Å². The van der Waals surface area contributed by atoms with Gasteiger partial charge in [-0.2, -0.15) is 0 Å². The number of Topliss-reactive ketones (excluding diaryl/α,β-unsaturated/α-hetero) is 1. The number of hydrogen-bond acceptors (Lipinski definition) is 5. The van der Waals surface area contributed by atoms with Gasteiger partial charge in [0.1, 0.15) is 17.3 Å². The largest absolute Gasteiger partial charge is 0.494 e. The van der Waals surface area contributed by atoms with Crippen LogP contribution >= 0.6 is 17.0 Å². The Bertz CT molecular complexity index is 1220. The lowest BCUT2D eigenvalue weighted by Gasteiger charge is -2.32. The summed E-state index contributed by atoms with van der Waals surface area (Å²) in [6.45, 7) is 7.47. The molecule has 1 aromatic carbocycles. The second kappa shape index (κ2) is 9.96. The van der Waals surface area contributed by atoms with Gasteiger partial charge in [0.05, 0.1) is 19.3 Å². The van der Waals surface area contributed by atoms with Gasteiger partial charge in [-0.05, 0) is 49.3 Å². The van der Waals surface area contributed by atoms with Gasteiger partial charge in [0.25, 0.3) is 0 Å². The van der Waals surface area contributed by atoms with Gasteiger partial charge in [-0.1, -0.05) is 26.8 Å². The second-order valence-corrected chi connectivity index (χ2v) is 11.0. The number of methoxy groups -OCH3 is 1. The van der Waals surface area contributed by atoms with Crippen molar-refractivity contribution in [2.24, 2.45) is 0 Å². The highest BCUT2D eigenvalue weighted by Gasteiger charge is 2.33. The van der Waals surface area contributed by atoms with Gasteiger partial charge < -0.3 is 14.5 Å². The van der Waals surface area contributed by atoms with Crippen molar-refractivity contribution in [2.75, 3.05) is 25.1 Å². The number of pyridine rings is 1. The van der Waals surface area contributed by atoms with E-state index in [1.807, 2.05) is 6.07 Å². The molecule has 1 amide bonds. The van der Waals surface area contributed by atoms with E-state index in [1.165, 1.54) is 0 Å². The summed E-state index contributed by atoms with van der Waals surface area (Å²) in [5.41, 5.74) is 4.58. The molecule has 192 valence electrons. The van der Waals surface area contributed by atoms with Crippen LogP contribution in [0.3, 0.4) is 0 Å². The molecule has 1 saturated heterocycles. The normalized spacial score (nSPS) is 17.7. The quantitative estimate of drug-likeness (QED) is 0.484. The number of piperidine rings is 1. The van der Waals surface area contributed by atoms with Crippen LogP contribution in [0.5, 0.6) is 5.75 Å². The lowest BCUT2D eigenvalue weighted by Crippen LogP contribution is -2.36. The number of nitrogens with zero attached hydrogens (tertiary/aromatic N) is 3. The van der Waals surface area contributed by atoms with E-state index in [9.17, 15) is 9.59 Å². The third kappa shape index (κ3) is 4.92. The number of amidine groups is 1. The Morgan fingerprint density at radius 1 is 1.19 bits per heavy atom. The molecule has 36 heavy (non-hydrogen) atoms. The van der Waals surface area contributed by atoms with Crippen LogP contribution in [-0.4, -0.2) is 47.6 Å². The van der Waals surface area contributed by atoms with Crippen LogP contribution in [0.2, 0.25) is 0 Å². The molecule has 2 fully saturated rings. The average Bonchev–Trinajstić information content (AvgIpc) is 3.63. The highest BCUT2D eigenvalue weighted by molar-refractivity contribution is 8.93. The number of anilines is 1. The molecule has 8 heteroatoms. The smallest absolute Gasteiger partial charge is 0.227 e. The predicted octanol–water partition coefficient (Wildman–Crippen LogP) is 5.38. The number of ether oxygens (including phenoxy) is 1. The highest BCUT2D eigenvalue weighted by atomic mass is 79.9. The van der Waals surface area contributed by atoms with Crippen LogP contribution in [0.1, 0.15) is 91.7 Å². The van der Waals surface area contributed by atoms with Gasteiger partial charge in [0.2, 0.25) is 5.91 Å². The molecule has 0 unspecified atom stereocenters. The molecular formula is C28H35BrN4O3. The standard InChI is InChI=1S/C28H34N4O3.BrH/c1-28(2,3)20-13-19(14-22(26(20)35-4)32-12-6-5-7-24(32)34)23(33)16-31-15-18-10-11-21(17-8-9-17)30-25(18)27(31)29;/h10-11,13-14,17,29H,5-9,12,15-16H2,1-4H3;1H. The topological polar surface area (TPSA) is 86.6 Å². The number of rotatable bonds is 6. The Kier molecular flexibility index (Phi) is 7.28. The van der Waals surface area contributed by atoms with Crippen LogP contribution in [0.4, 0.5) is 5.69 Å². The Labute approximate surface area is 223 Å². The minimum absolute atomic E-state index is 0. The van der Waals surface area contributed by atoms with Crippen LogP contribution in [-0.2, 0) is 16.8 Å². The first-order valence-electron chi connectivity index (χ1n) is 12.6. The molecule has 3 aliphatic rings. The summed E-state index contributed by atoms with van der Waals surface area (Å²) in [6.07, 6.45) is 4.65. The molecule has 2 aromatic rings. The Balaban J connectivity index is 0.00000304. The first kappa shape index (κ1) is 26.3. The van der Waals surface area contributed by atoms with E-state index in [1.54, 1.807) is 23.0 Å². The molecule has 1 aliphatic carbocycles. The Morgan fingerprint density at radius 2 is 1.94 bits per heavy atom. The molecule has 0 bridgehead atoms. The molecule has 1 aromatic heterocycles. The molecule has 1 saturated carbocycles. The molecule has 3 heterocycles. The number of fused-ring (bicyclic) bond motifs is 1. The van der Waals surface area contributed by atoms with E-state index in [4.69, 9.17) is 15.1 Å². The molecule has 2 aliphatic heterocycles. The van der Waals surface area contributed by atoms with Gasteiger partial charge in [-0.25, -0.2) is 4.98 Å². The van der Waals surface area contributed by atoms with Crippen LogP contribution in [0, 0.1) is 5.41 Å². The van der Waals surface area contributed by atoms with Crippen LogP contribution in [0.25, 0.3) is 0 Å². The van der Waals surface area contributed by atoms with Gasteiger partial charge >= 0.3 is 0 Å². The van der Waals surface area contributed by atoms with Gasteiger partial charge in [-0.3, -0.25) is 15.0 Å². The van der Waals surface area contributed by atoms with E-state index in [2.05, 4.69) is 32.9 Å². The fraction of sp³-hybridized carbons (Fsp3) is 0.500. The maximum Gasteiger partial charge on any atom is 0.227 e. The highest BCUT2D eigenvalue weighted by Crippen LogP contribution is 2.42. The first-order chi connectivity index (χ1) is 16.7. The van der Waals surface area contributed by atoms with Crippen molar-refractivity contribution < 1.29 is 14.3 Å². The van der Waals surface area contributed by atoms with Crippen molar-refractivity contribution in [2.45, 2.75) is 70.8 Å². The minimum Gasteiger partial charge on any atom is -0.494 e. The number of aromatic nitrogens is 1. The van der Waals surface area contributed by atoms with Gasteiger partial charge in [0.15, 0.2) is 5.78 Å². The number of ketones is 1. The first-order valence-corrected chi connectivity index (χ1v) is 12.6. The molecule has 1 N–H and O–H groups in total. The van der Waals surface area contributed by atoms with E-state index in [0.717, 1.165) is 42.5 Å². The summed E-state index contributed by atoms with van der Waals surface area (Å²) in [5, 5.41) is 8.67. The van der Waals surface area contributed by atoms with Gasteiger partial charge in [0, 0.05) is 47.8 Å². The fourth-order valence-corrected chi connectivity index (χ4v) is 5.08. The predicted molar refractivity (Wildman–Crippen MR) is 146 cm³/mol. The maximum atomic E-state index is 13.6. The molecule has 0 radical (unpaired) electrons. The molecular weight excluding hydrogens is 520 g/mol. The maximum absolute atomic E-state index is 13.6. The van der Waals surface area contributed by atoms with E-state index in [-0.39, 0.29) is 40.6 Å². The number of carbonyl (C=O) groups is 2. The number of amides is 1. The van der Waals surface area contributed by atoms with Gasteiger partial charge in [-0.15, -0.1) is 17.0 Å². The summed E-state index contributed by atoms with van der Waals surface area (Å²) in [6, 6.07) is 7.82. The number of carbonyl (C=O) groups excluding carboxylic acids is 2. The van der Waals surface area contributed by atoms with Crippen molar-refractivity contribution in [1.29, 1.82) is 5.41 Å². The fourth-order valence-electron chi connectivity index (χ4n) is 5.08. The summed E-state index contributed by atoms with van der Waals surface area (Å²) >= 11 is 0. The van der Waals surface area contributed by atoms with E-state index in [0.29, 0.717) is 54.0 Å². The number of nitrogens with one attached hydrogen (secondary N) is 1. The average molecular weight is 556 g/mol. The zero-order valence-corrected chi connectivity index (χ0v) is 23.2. The van der Waals surface area contributed by atoms with E-state index >= 15 is 0 Å². The molecule has 7 nitrogen and oxygen atoms in total. The summed E-state index contributed by atoms with van der Waals surface area (Å²) in [4.78, 5) is 34.7. The molecule has 5 rings (SSSR count). The third-order valence-electron chi connectivity index (χ3n) is 7.25. The monoisotopic (exact) mass is 554 g/mol. The van der Waals surface area contributed by atoms with Crippen LogP contribution in [0.15, 0.2) is 24.3 Å². The summed E-state index contributed by atoms with van der Waals surface area (Å²) in [5.74, 6) is 1.47. The molecule has 0 atom stereocenters. The number of hydrogen-bond donors (Lipinski definition) is 1. The SMILES string of the molecule is Br.COc1c(N2CCCCC2=O)cc(C(=O)CN2Cc3ccc(C4CC4)nc3C2=N)cc1C(C)(C)C. The Morgan fingerprint density at radius 3 is 2.58 bits per heavy atom. The van der Waals surface area contributed by atoms with Crippen molar-refractivity contribution in [3.05, 3.63) is 52.3 Å². The van der Waals surface area contributed by atoms with Crippen molar-refractivity contribution in [3.63, 3.8) is 0 Å². The minimum atomic E-state index is -0.283. The summed E-state index contributed by atoms with van der Waals surface area (Å²) in [7, 11) is 1.62. The zero-order valence-electron chi connectivity index (χ0n) is 21.5. The number of halogens is 1. The number of benzene rings is 1. The zero-order chi connectivity index (χ0) is 24.9. The molecule has 0 spiro atoms. The van der Waals surface area contributed by atoms with E-state index < -0.39 is 0 Å². The lowest BCUT2D eigenvalue weighted by atomic mass is 9.84. The third-order valence-corrected chi connectivity index (χ3v) is 7.25. The van der Waals surface area contributed by atoms with Crippen molar-refractivity contribution >= 4 is 40.2 Å². The Hall–Kier alpha value is -2.74. The van der Waals surface area contributed by atoms with Crippen molar-refractivity contribution in [1.82, 2.24) is 9.88 Å². The summed E-state index contributed by atoms with van der Waals surface area (Å²) < 4.78 is 5.81. The van der Waals surface area contributed by atoms with Crippen LogP contribution < -0.4 is 9.64 Å². The lowest BCUT2D eigenvalue weighted by molar-refractivity contribution is -0.119. The second-order valence-electron chi connectivity index (χ2n) is 11.0.